The van der Waals surface area contributed by atoms with Crippen molar-refractivity contribution in [3.63, 3.8) is 0 Å². The van der Waals surface area contributed by atoms with Crippen LogP contribution >= 0.6 is 23.2 Å². The molecule has 1 atom stereocenters. The molecule has 0 aliphatic heterocycles. The third kappa shape index (κ3) is 8.36. The fourth-order valence-electron chi connectivity index (χ4n) is 2.51. The van der Waals surface area contributed by atoms with Crippen LogP contribution in [0.1, 0.15) is 12.0 Å². The summed E-state index contributed by atoms with van der Waals surface area (Å²) < 4.78 is 35.6. The van der Waals surface area contributed by atoms with E-state index in [1.165, 1.54) is 6.08 Å². The number of carbonyl (C=O) groups is 1. The molecule has 0 saturated carbocycles. The van der Waals surface area contributed by atoms with E-state index in [4.69, 9.17) is 32.7 Å². The van der Waals surface area contributed by atoms with Gasteiger partial charge in [0.1, 0.15) is 12.4 Å². The van der Waals surface area contributed by atoms with E-state index >= 15 is 0 Å². The van der Waals surface area contributed by atoms with Crippen LogP contribution in [-0.4, -0.2) is 50.3 Å². The van der Waals surface area contributed by atoms with Crippen LogP contribution in [0.4, 0.5) is 0 Å². The molecular formula is C21H22Cl2O6S. The van der Waals surface area contributed by atoms with Crippen molar-refractivity contribution in [3.05, 3.63) is 70.2 Å². The number of carboxylic acids is 1. The minimum Gasteiger partial charge on any atom is -0.491 e. The monoisotopic (exact) mass is 472 g/mol. The lowest BCUT2D eigenvalue weighted by molar-refractivity contribution is -0.136. The van der Waals surface area contributed by atoms with Gasteiger partial charge in [0, 0.05) is 16.7 Å². The Balaban J connectivity index is 1.77. The van der Waals surface area contributed by atoms with Gasteiger partial charge in [-0.15, -0.1) is 0 Å². The van der Waals surface area contributed by atoms with Crippen LogP contribution in [0, 0.1) is 0 Å². The lowest BCUT2D eigenvalue weighted by Crippen LogP contribution is -2.33. The zero-order chi connectivity index (χ0) is 22.0. The van der Waals surface area contributed by atoms with Crippen molar-refractivity contribution in [2.45, 2.75) is 11.7 Å². The molecule has 2 rings (SSSR count). The van der Waals surface area contributed by atoms with E-state index in [1.54, 1.807) is 54.6 Å². The van der Waals surface area contributed by atoms with Gasteiger partial charge in [-0.3, -0.25) is 4.79 Å². The summed E-state index contributed by atoms with van der Waals surface area (Å²) in [5.74, 6) is -1.15. The lowest BCUT2D eigenvalue weighted by atomic mass is 10.2. The molecule has 0 bridgehead atoms. The Hall–Kier alpha value is -2.06. The first kappa shape index (κ1) is 24.2. The second kappa shape index (κ2) is 12.0. The molecule has 0 saturated heterocycles. The highest BCUT2D eigenvalue weighted by Gasteiger charge is 2.31. The summed E-state index contributed by atoms with van der Waals surface area (Å²) in [6, 6.07) is 13.7. The van der Waals surface area contributed by atoms with Gasteiger partial charge >= 0.3 is 5.97 Å². The van der Waals surface area contributed by atoms with Crippen molar-refractivity contribution in [1.82, 2.24) is 0 Å². The van der Waals surface area contributed by atoms with E-state index in [0.717, 1.165) is 5.56 Å². The normalized spacial score (nSPS) is 12.7. The molecule has 0 spiro atoms. The third-order valence-electron chi connectivity index (χ3n) is 4.05. The fraction of sp³-hybridized carbons (Fsp3) is 0.286. The van der Waals surface area contributed by atoms with Gasteiger partial charge in [0.2, 0.25) is 0 Å². The first-order valence-electron chi connectivity index (χ1n) is 9.10. The van der Waals surface area contributed by atoms with Gasteiger partial charge in [-0.05, 0) is 48.4 Å². The number of carboxylic acid groups (broad SMARTS) is 1. The molecule has 162 valence electrons. The van der Waals surface area contributed by atoms with E-state index < -0.39 is 21.1 Å². The van der Waals surface area contributed by atoms with Crippen molar-refractivity contribution in [1.29, 1.82) is 0 Å². The molecule has 0 aromatic heterocycles. The standard InChI is InChI=1S/C21H22Cl2O6S/c22-17-5-3-16(4-6-17)2-1-15-30(26,27)20(21(24)25)11-12-28-13-14-29-19-9-7-18(23)8-10-19/h1-10,20H,11-15H2,(H,24,25). The topological polar surface area (TPSA) is 89.9 Å². The van der Waals surface area contributed by atoms with E-state index in [0.29, 0.717) is 15.8 Å². The summed E-state index contributed by atoms with van der Waals surface area (Å²) in [6.45, 7) is 0.433. The van der Waals surface area contributed by atoms with Gasteiger partial charge in [0.15, 0.2) is 15.1 Å². The average molecular weight is 473 g/mol. The maximum Gasteiger partial charge on any atom is 0.321 e. The van der Waals surface area contributed by atoms with Gasteiger partial charge < -0.3 is 14.6 Å². The predicted octanol–water partition coefficient (Wildman–Crippen LogP) is 4.36. The number of hydrogen-bond acceptors (Lipinski definition) is 5. The van der Waals surface area contributed by atoms with Crippen LogP contribution in [0.25, 0.3) is 6.08 Å². The zero-order valence-electron chi connectivity index (χ0n) is 16.0. The van der Waals surface area contributed by atoms with Crippen LogP contribution in [0.2, 0.25) is 10.0 Å². The molecule has 2 aromatic carbocycles. The molecule has 2 aromatic rings. The van der Waals surface area contributed by atoms with E-state index in [1.807, 2.05) is 0 Å². The predicted molar refractivity (Wildman–Crippen MR) is 118 cm³/mol. The number of benzene rings is 2. The quantitative estimate of drug-likeness (QED) is 0.461. The number of sulfone groups is 1. The molecule has 9 heteroatoms. The highest BCUT2D eigenvalue weighted by atomic mass is 35.5. The van der Waals surface area contributed by atoms with E-state index in [9.17, 15) is 18.3 Å². The SMILES string of the molecule is O=C(O)C(CCOCCOc1ccc(Cl)cc1)S(=O)(=O)CC=Cc1ccc(Cl)cc1. The smallest absolute Gasteiger partial charge is 0.321 e. The number of hydrogen-bond donors (Lipinski definition) is 1. The minimum absolute atomic E-state index is 0.0128. The van der Waals surface area contributed by atoms with E-state index in [2.05, 4.69) is 0 Å². The summed E-state index contributed by atoms with van der Waals surface area (Å²) in [5, 5.41) is 8.96. The second-order valence-corrected chi connectivity index (χ2v) is 9.41. The Bertz CT molecular complexity index is 940. The Labute approximate surface area is 185 Å². The summed E-state index contributed by atoms with van der Waals surface area (Å²) in [4.78, 5) is 11.4. The molecule has 0 amide bonds. The Kier molecular flexibility index (Phi) is 9.65. The van der Waals surface area contributed by atoms with Gasteiger partial charge in [0.05, 0.1) is 12.4 Å². The molecule has 0 fully saturated rings. The summed E-state index contributed by atoms with van der Waals surface area (Å²) >= 11 is 11.6. The van der Waals surface area contributed by atoms with Crippen LogP contribution in [0.5, 0.6) is 5.75 Å². The third-order valence-corrected chi connectivity index (χ3v) is 6.52. The summed E-state index contributed by atoms with van der Waals surface area (Å²) in [7, 11) is -3.88. The van der Waals surface area contributed by atoms with Crippen molar-refractivity contribution in [3.8, 4) is 5.75 Å². The van der Waals surface area contributed by atoms with Gasteiger partial charge in [-0.1, -0.05) is 47.5 Å². The van der Waals surface area contributed by atoms with Crippen LogP contribution in [0.15, 0.2) is 54.6 Å². The molecule has 1 unspecified atom stereocenters. The molecular weight excluding hydrogens is 451 g/mol. The summed E-state index contributed by atoms with van der Waals surface area (Å²) in [5.41, 5.74) is 0.769. The molecule has 0 aliphatic carbocycles. The highest BCUT2D eigenvalue weighted by molar-refractivity contribution is 7.92. The fourth-order valence-corrected chi connectivity index (χ4v) is 4.12. The molecule has 1 N–H and O–H groups in total. The maximum absolute atomic E-state index is 12.4. The first-order valence-corrected chi connectivity index (χ1v) is 11.6. The van der Waals surface area contributed by atoms with Crippen LogP contribution < -0.4 is 4.74 Å². The minimum atomic E-state index is -3.88. The van der Waals surface area contributed by atoms with Crippen molar-refractivity contribution in [2.75, 3.05) is 25.6 Å². The number of ether oxygens (including phenoxy) is 2. The summed E-state index contributed by atoms with van der Waals surface area (Å²) in [6.07, 6.45) is 2.89. The van der Waals surface area contributed by atoms with Crippen molar-refractivity contribution >= 4 is 45.1 Å². The second-order valence-electron chi connectivity index (χ2n) is 6.31. The number of rotatable bonds is 12. The average Bonchev–Trinajstić information content (AvgIpc) is 2.69. The lowest BCUT2D eigenvalue weighted by Gasteiger charge is -2.13. The zero-order valence-corrected chi connectivity index (χ0v) is 18.4. The molecule has 0 heterocycles. The van der Waals surface area contributed by atoms with Gasteiger partial charge in [-0.2, -0.15) is 0 Å². The van der Waals surface area contributed by atoms with Crippen molar-refractivity contribution < 1.29 is 27.8 Å². The molecule has 30 heavy (non-hydrogen) atoms. The molecule has 6 nitrogen and oxygen atoms in total. The molecule has 0 radical (unpaired) electrons. The van der Waals surface area contributed by atoms with Crippen molar-refractivity contribution in [2.24, 2.45) is 0 Å². The molecule has 0 aliphatic rings. The largest absolute Gasteiger partial charge is 0.491 e. The maximum atomic E-state index is 12.4. The number of aliphatic carboxylic acids is 1. The van der Waals surface area contributed by atoms with Crippen LogP contribution in [0.3, 0.4) is 0 Å². The first-order chi connectivity index (χ1) is 14.3. The highest BCUT2D eigenvalue weighted by Crippen LogP contribution is 2.15. The Morgan fingerprint density at radius 3 is 2.17 bits per heavy atom. The Morgan fingerprint density at radius 2 is 1.57 bits per heavy atom. The Morgan fingerprint density at radius 1 is 0.967 bits per heavy atom. The van der Waals surface area contributed by atoms with Crippen LogP contribution in [-0.2, 0) is 19.4 Å². The van der Waals surface area contributed by atoms with E-state index in [-0.39, 0.29) is 32.0 Å². The number of halogens is 2. The van der Waals surface area contributed by atoms with Gasteiger partial charge in [0.25, 0.3) is 0 Å². The van der Waals surface area contributed by atoms with Gasteiger partial charge in [-0.25, -0.2) is 8.42 Å².